The van der Waals surface area contributed by atoms with Gasteiger partial charge in [0.1, 0.15) is 11.5 Å². The highest BCUT2D eigenvalue weighted by atomic mass is 79.9. The predicted molar refractivity (Wildman–Crippen MR) is 77.4 cm³/mol. The lowest BCUT2D eigenvalue weighted by molar-refractivity contribution is 0.407. The van der Waals surface area contributed by atoms with Crippen molar-refractivity contribution in [1.29, 1.82) is 5.26 Å². The van der Waals surface area contributed by atoms with Gasteiger partial charge in [-0.1, -0.05) is 0 Å². The molecule has 0 atom stereocenters. The monoisotopic (exact) mass is 382 g/mol. The maximum Gasteiger partial charge on any atom is 0.233 e. The van der Waals surface area contributed by atoms with E-state index in [2.05, 4.69) is 42.9 Å². The standard InChI is InChI=1S/C13H8Br2N2O2/c1-18-10-2-8(6-16)3-11(5-10)19-13-12(15)4-9(14)7-17-13/h2-5,7H,1H3. The van der Waals surface area contributed by atoms with Crippen molar-refractivity contribution in [2.45, 2.75) is 0 Å². The third kappa shape index (κ3) is 3.46. The molecule has 0 fully saturated rings. The van der Waals surface area contributed by atoms with Crippen LogP contribution in [-0.4, -0.2) is 12.1 Å². The van der Waals surface area contributed by atoms with Crippen molar-refractivity contribution >= 4 is 31.9 Å². The Kier molecular flexibility index (Phi) is 4.40. The number of benzene rings is 1. The zero-order chi connectivity index (χ0) is 13.8. The molecule has 0 amide bonds. The molecule has 6 heteroatoms. The fraction of sp³-hybridized carbons (Fsp3) is 0.0769. The molecular formula is C13H8Br2N2O2. The molecule has 1 aromatic carbocycles. The number of rotatable bonds is 3. The second kappa shape index (κ2) is 6.04. The summed E-state index contributed by atoms with van der Waals surface area (Å²) in [7, 11) is 1.54. The van der Waals surface area contributed by atoms with E-state index in [1.165, 1.54) is 7.11 Å². The Morgan fingerprint density at radius 2 is 1.89 bits per heavy atom. The Bertz CT molecular complexity index is 654. The molecule has 0 unspecified atom stereocenters. The zero-order valence-corrected chi connectivity index (χ0v) is 13.0. The largest absolute Gasteiger partial charge is 0.497 e. The normalized spacial score (nSPS) is 9.79. The quantitative estimate of drug-likeness (QED) is 0.793. The van der Waals surface area contributed by atoms with Gasteiger partial charge in [-0.15, -0.1) is 0 Å². The van der Waals surface area contributed by atoms with Crippen LogP contribution in [0.5, 0.6) is 17.4 Å². The van der Waals surface area contributed by atoms with Crippen LogP contribution in [0.4, 0.5) is 0 Å². The minimum absolute atomic E-state index is 0.417. The summed E-state index contributed by atoms with van der Waals surface area (Å²) in [5, 5.41) is 8.95. The van der Waals surface area contributed by atoms with Gasteiger partial charge >= 0.3 is 0 Å². The molecule has 0 aliphatic heterocycles. The van der Waals surface area contributed by atoms with E-state index in [4.69, 9.17) is 14.7 Å². The van der Waals surface area contributed by atoms with Gasteiger partial charge < -0.3 is 9.47 Å². The van der Waals surface area contributed by atoms with Gasteiger partial charge in [0, 0.05) is 16.7 Å². The molecule has 0 N–H and O–H groups in total. The lowest BCUT2D eigenvalue weighted by Gasteiger charge is -2.08. The maximum absolute atomic E-state index is 8.95. The average Bonchev–Trinajstić information content (AvgIpc) is 2.41. The van der Waals surface area contributed by atoms with E-state index < -0.39 is 0 Å². The third-order valence-corrected chi connectivity index (χ3v) is 3.24. The lowest BCUT2D eigenvalue weighted by Crippen LogP contribution is -1.91. The highest BCUT2D eigenvalue weighted by molar-refractivity contribution is 9.11. The van der Waals surface area contributed by atoms with Crippen molar-refractivity contribution in [1.82, 2.24) is 4.98 Å². The van der Waals surface area contributed by atoms with Crippen molar-refractivity contribution in [3.63, 3.8) is 0 Å². The highest BCUT2D eigenvalue weighted by Crippen LogP contribution is 2.31. The van der Waals surface area contributed by atoms with E-state index in [1.807, 2.05) is 6.07 Å². The SMILES string of the molecule is COc1cc(C#N)cc(Oc2ncc(Br)cc2Br)c1. The van der Waals surface area contributed by atoms with Crippen LogP contribution in [0.25, 0.3) is 0 Å². The summed E-state index contributed by atoms with van der Waals surface area (Å²) in [5.41, 5.74) is 0.461. The first-order chi connectivity index (χ1) is 9.12. The summed E-state index contributed by atoms with van der Waals surface area (Å²) >= 11 is 6.68. The molecule has 0 radical (unpaired) electrons. The summed E-state index contributed by atoms with van der Waals surface area (Å²) in [6.07, 6.45) is 1.63. The molecule has 0 aliphatic carbocycles. The highest BCUT2D eigenvalue weighted by Gasteiger charge is 2.08. The summed E-state index contributed by atoms with van der Waals surface area (Å²) in [6, 6.07) is 8.83. The number of methoxy groups -OCH3 is 1. The first kappa shape index (κ1) is 13.8. The van der Waals surface area contributed by atoms with E-state index >= 15 is 0 Å². The minimum Gasteiger partial charge on any atom is -0.497 e. The molecular weight excluding hydrogens is 376 g/mol. The van der Waals surface area contributed by atoms with Crippen molar-refractivity contribution in [2.75, 3.05) is 7.11 Å². The molecule has 19 heavy (non-hydrogen) atoms. The number of hydrogen-bond donors (Lipinski definition) is 0. The van der Waals surface area contributed by atoms with Crippen LogP contribution < -0.4 is 9.47 Å². The van der Waals surface area contributed by atoms with Crippen LogP contribution in [0, 0.1) is 11.3 Å². The van der Waals surface area contributed by atoms with Crippen LogP contribution >= 0.6 is 31.9 Å². The van der Waals surface area contributed by atoms with Crippen LogP contribution in [0.2, 0.25) is 0 Å². The van der Waals surface area contributed by atoms with Crippen molar-refractivity contribution in [2.24, 2.45) is 0 Å². The summed E-state index contributed by atoms with van der Waals surface area (Å²) < 4.78 is 12.3. The lowest BCUT2D eigenvalue weighted by atomic mass is 10.2. The predicted octanol–water partition coefficient (Wildman–Crippen LogP) is 4.28. The van der Waals surface area contributed by atoms with Gasteiger partial charge in [-0.25, -0.2) is 4.98 Å². The summed E-state index contributed by atoms with van der Waals surface area (Å²) in [6.45, 7) is 0. The number of nitrogens with zero attached hydrogens (tertiary/aromatic N) is 2. The molecule has 0 aliphatic rings. The molecule has 0 spiro atoms. The topological polar surface area (TPSA) is 55.1 Å². The Balaban J connectivity index is 2.35. The Labute approximate surface area is 127 Å². The summed E-state index contributed by atoms with van der Waals surface area (Å²) in [4.78, 5) is 4.14. The Morgan fingerprint density at radius 1 is 1.16 bits per heavy atom. The van der Waals surface area contributed by atoms with Crippen molar-refractivity contribution < 1.29 is 9.47 Å². The molecule has 2 aromatic rings. The van der Waals surface area contributed by atoms with Gasteiger partial charge in [0.15, 0.2) is 0 Å². The Hall–Kier alpha value is -1.58. The van der Waals surface area contributed by atoms with Crippen molar-refractivity contribution in [3.8, 4) is 23.4 Å². The third-order valence-electron chi connectivity index (χ3n) is 2.23. The van der Waals surface area contributed by atoms with Crippen LogP contribution in [0.3, 0.4) is 0 Å². The number of hydrogen-bond acceptors (Lipinski definition) is 4. The first-order valence-electron chi connectivity index (χ1n) is 5.20. The Morgan fingerprint density at radius 3 is 2.53 bits per heavy atom. The molecule has 0 saturated heterocycles. The average molecular weight is 384 g/mol. The van der Waals surface area contributed by atoms with E-state index in [9.17, 15) is 0 Å². The maximum atomic E-state index is 8.95. The van der Waals surface area contributed by atoms with Gasteiger partial charge in [0.2, 0.25) is 5.88 Å². The fourth-order valence-corrected chi connectivity index (χ4v) is 2.47. The molecule has 4 nitrogen and oxygen atoms in total. The van der Waals surface area contributed by atoms with Crippen LogP contribution in [0.15, 0.2) is 39.4 Å². The number of aromatic nitrogens is 1. The van der Waals surface area contributed by atoms with E-state index in [0.717, 1.165) is 4.47 Å². The fourth-order valence-electron chi connectivity index (χ4n) is 1.40. The number of ether oxygens (including phenoxy) is 2. The molecule has 1 aromatic heterocycles. The number of halogens is 2. The molecule has 2 rings (SSSR count). The van der Waals surface area contributed by atoms with Gasteiger partial charge in [0.25, 0.3) is 0 Å². The van der Waals surface area contributed by atoms with Crippen LogP contribution in [-0.2, 0) is 0 Å². The second-order valence-corrected chi connectivity index (χ2v) is 5.32. The molecule has 96 valence electrons. The van der Waals surface area contributed by atoms with Gasteiger partial charge in [-0.05, 0) is 50.1 Å². The molecule has 0 bridgehead atoms. The zero-order valence-electron chi connectivity index (χ0n) is 9.85. The smallest absolute Gasteiger partial charge is 0.233 e. The second-order valence-electron chi connectivity index (χ2n) is 3.55. The van der Waals surface area contributed by atoms with E-state index in [1.54, 1.807) is 24.4 Å². The number of pyridine rings is 1. The van der Waals surface area contributed by atoms with E-state index in [-0.39, 0.29) is 0 Å². The summed E-state index contributed by atoms with van der Waals surface area (Å²) in [5.74, 6) is 1.47. The molecule has 1 heterocycles. The van der Waals surface area contributed by atoms with Gasteiger partial charge in [-0.3, -0.25) is 0 Å². The minimum atomic E-state index is 0.417. The van der Waals surface area contributed by atoms with Crippen LogP contribution in [0.1, 0.15) is 5.56 Å². The van der Waals surface area contributed by atoms with Gasteiger partial charge in [0.05, 0.1) is 23.2 Å². The first-order valence-corrected chi connectivity index (χ1v) is 6.79. The number of nitriles is 1. The molecule has 0 saturated carbocycles. The van der Waals surface area contributed by atoms with Crippen molar-refractivity contribution in [3.05, 3.63) is 45.0 Å². The van der Waals surface area contributed by atoms with Gasteiger partial charge in [-0.2, -0.15) is 5.26 Å². The van der Waals surface area contributed by atoms with E-state index in [0.29, 0.717) is 27.4 Å².